The van der Waals surface area contributed by atoms with E-state index >= 15 is 0 Å². The lowest BCUT2D eigenvalue weighted by atomic mass is 9.99. The molecule has 0 aliphatic carbocycles. The summed E-state index contributed by atoms with van der Waals surface area (Å²) in [4.78, 5) is 41.8. The fourth-order valence-electron chi connectivity index (χ4n) is 5.30. The third-order valence-electron chi connectivity index (χ3n) is 7.12. The number of aromatic nitrogens is 2. The van der Waals surface area contributed by atoms with Gasteiger partial charge in [-0.15, -0.1) is 0 Å². The van der Waals surface area contributed by atoms with E-state index in [0.29, 0.717) is 26.1 Å². The van der Waals surface area contributed by atoms with Crippen LogP contribution >= 0.6 is 0 Å². The van der Waals surface area contributed by atoms with Crippen LogP contribution in [0.4, 0.5) is 5.82 Å². The molecule has 8 nitrogen and oxygen atoms in total. The van der Waals surface area contributed by atoms with Crippen molar-refractivity contribution >= 4 is 17.6 Å². The van der Waals surface area contributed by atoms with Gasteiger partial charge in [-0.1, -0.05) is 18.2 Å². The highest BCUT2D eigenvalue weighted by atomic mass is 16.2. The van der Waals surface area contributed by atoms with Crippen LogP contribution in [0.2, 0.25) is 0 Å². The summed E-state index contributed by atoms with van der Waals surface area (Å²) in [6.07, 6.45) is 4.18. The van der Waals surface area contributed by atoms with Crippen molar-refractivity contribution < 1.29 is 9.59 Å². The van der Waals surface area contributed by atoms with Crippen molar-refractivity contribution in [3.05, 3.63) is 52.5 Å². The molecular formula is C25H32N6O2. The summed E-state index contributed by atoms with van der Waals surface area (Å²) >= 11 is 0. The molecule has 1 aromatic carbocycles. The first-order chi connectivity index (χ1) is 16.0. The second kappa shape index (κ2) is 9.09. The number of nitrogens with zero attached hydrogens (tertiary/aromatic N) is 5. The van der Waals surface area contributed by atoms with Gasteiger partial charge in [-0.25, -0.2) is 9.97 Å². The molecule has 3 aliphatic rings. The van der Waals surface area contributed by atoms with Gasteiger partial charge in [0.1, 0.15) is 5.82 Å². The van der Waals surface area contributed by atoms with E-state index in [4.69, 9.17) is 9.97 Å². The lowest BCUT2D eigenvalue weighted by molar-refractivity contribution is -0.135. The number of hydrogen-bond donors (Lipinski definition) is 1. The van der Waals surface area contributed by atoms with Crippen LogP contribution in [0, 0.1) is 0 Å². The number of carbonyl (C=O) groups excluding carboxylic acids is 2. The highest BCUT2D eigenvalue weighted by Crippen LogP contribution is 2.33. The Bertz CT molecular complexity index is 1070. The van der Waals surface area contributed by atoms with Crippen molar-refractivity contribution in [1.29, 1.82) is 0 Å². The molecule has 4 heterocycles. The third-order valence-corrected chi connectivity index (χ3v) is 7.12. The van der Waals surface area contributed by atoms with Crippen LogP contribution in [0.5, 0.6) is 0 Å². The monoisotopic (exact) mass is 448 g/mol. The molecule has 2 amide bonds. The molecule has 1 unspecified atom stereocenters. The number of fused-ring (bicyclic) bond motifs is 2. The van der Waals surface area contributed by atoms with Crippen LogP contribution in [0.15, 0.2) is 24.3 Å². The lowest BCUT2D eigenvalue weighted by Gasteiger charge is -2.36. The zero-order valence-electron chi connectivity index (χ0n) is 19.5. The molecule has 1 atom stereocenters. The maximum absolute atomic E-state index is 13.3. The van der Waals surface area contributed by atoms with E-state index in [2.05, 4.69) is 17.3 Å². The molecule has 5 rings (SSSR count). The van der Waals surface area contributed by atoms with E-state index in [9.17, 15) is 9.59 Å². The average Bonchev–Trinajstić information content (AvgIpc) is 3.17. The van der Waals surface area contributed by atoms with Crippen molar-refractivity contribution in [3.8, 4) is 0 Å². The fourth-order valence-corrected chi connectivity index (χ4v) is 5.30. The second-order valence-electron chi connectivity index (χ2n) is 9.33. The van der Waals surface area contributed by atoms with Gasteiger partial charge in [-0.3, -0.25) is 9.59 Å². The number of amides is 2. The smallest absolute Gasteiger partial charge is 0.254 e. The Morgan fingerprint density at radius 1 is 1.15 bits per heavy atom. The van der Waals surface area contributed by atoms with Gasteiger partial charge in [0, 0.05) is 57.3 Å². The van der Waals surface area contributed by atoms with Gasteiger partial charge in [-0.05, 0) is 44.4 Å². The topological polar surface area (TPSA) is 81.7 Å². The summed E-state index contributed by atoms with van der Waals surface area (Å²) in [5.74, 6) is 1.73. The van der Waals surface area contributed by atoms with Crippen molar-refractivity contribution in [1.82, 2.24) is 24.7 Å². The standard InChI is InChI=1S/C25H32N6O2/c1-26-23-19-10-13-29(2)16-20(19)27-24(28-23)21-9-5-6-12-31(21)22(32)11-14-30-15-17-7-3-4-8-18(17)25(30)33/h3-4,7-8,21H,5-6,9-16H2,1-2H3,(H,26,27,28). The number of hydrogen-bond acceptors (Lipinski definition) is 6. The number of benzene rings is 1. The molecule has 0 bridgehead atoms. The van der Waals surface area contributed by atoms with Crippen molar-refractivity contribution in [2.45, 2.75) is 51.2 Å². The molecule has 174 valence electrons. The molecule has 3 aliphatic heterocycles. The Balaban J connectivity index is 1.32. The average molecular weight is 449 g/mol. The summed E-state index contributed by atoms with van der Waals surface area (Å²) in [5.41, 5.74) is 4.06. The number of rotatable bonds is 5. The second-order valence-corrected chi connectivity index (χ2v) is 9.33. The first-order valence-corrected chi connectivity index (χ1v) is 12.0. The molecular weight excluding hydrogens is 416 g/mol. The summed E-state index contributed by atoms with van der Waals surface area (Å²) in [6.45, 7) is 3.54. The summed E-state index contributed by atoms with van der Waals surface area (Å²) in [6, 6.07) is 7.58. The molecule has 1 fully saturated rings. The van der Waals surface area contributed by atoms with Crippen molar-refractivity contribution in [3.63, 3.8) is 0 Å². The minimum atomic E-state index is -0.109. The SMILES string of the molecule is CNc1nc(C2CCCCN2C(=O)CCN2Cc3ccccc3C2=O)nc2c1CCN(C)C2. The van der Waals surface area contributed by atoms with E-state index in [1.54, 1.807) is 4.90 Å². The van der Waals surface area contributed by atoms with Crippen LogP contribution in [-0.2, 0) is 24.3 Å². The Labute approximate surface area is 195 Å². The van der Waals surface area contributed by atoms with Crippen molar-refractivity contribution in [2.75, 3.05) is 39.0 Å². The summed E-state index contributed by atoms with van der Waals surface area (Å²) in [7, 11) is 4.01. The molecule has 0 radical (unpaired) electrons. The predicted molar refractivity (Wildman–Crippen MR) is 126 cm³/mol. The van der Waals surface area contributed by atoms with E-state index in [1.165, 1.54) is 5.56 Å². The van der Waals surface area contributed by atoms with Gasteiger partial charge in [0.2, 0.25) is 5.91 Å². The quantitative estimate of drug-likeness (QED) is 0.757. The Hall–Kier alpha value is -3.00. The Morgan fingerprint density at radius 2 is 2.00 bits per heavy atom. The molecule has 8 heteroatoms. The van der Waals surface area contributed by atoms with Gasteiger partial charge in [-0.2, -0.15) is 0 Å². The zero-order valence-corrected chi connectivity index (χ0v) is 19.5. The largest absolute Gasteiger partial charge is 0.373 e. The number of anilines is 1. The van der Waals surface area contributed by atoms with Crippen LogP contribution in [0.1, 0.15) is 64.7 Å². The van der Waals surface area contributed by atoms with Gasteiger partial charge in [0.05, 0.1) is 11.7 Å². The minimum absolute atomic E-state index is 0.0226. The lowest BCUT2D eigenvalue weighted by Crippen LogP contribution is -2.41. The zero-order chi connectivity index (χ0) is 22.9. The summed E-state index contributed by atoms with van der Waals surface area (Å²) < 4.78 is 0. The Kier molecular flexibility index (Phi) is 6.01. The predicted octanol–water partition coefficient (Wildman–Crippen LogP) is 2.61. The highest BCUT2D eigenvalue weighted by molar-refractivity contribution is 5.98. The fraction of sp³-hybridized carbons (Fsp3) is 0.520. The molecule has 1 N–H and O–H groups in total. The van der Waals surface area contributed by atoms with Gasteiger partial charge < -0.3 is 20.0 Å². The first-order valence-electron chi connectivity index (χ1n) is 12.0. The van der Waals surface area contributed by atoms with E-state index in [0.717, 1.165) is 67.2 Å². The van der Waals surface area contributed by atoms with Gasteiger partial charge >= 0.3 is 0 Å². The number of piperidine rings is 1. The first kappa shape index (κ1) is 21.8. The van der Waals surface area contributed by atoms with Crippen LogP contribution in [-0.4, -0.2) is 70.2 Å². The number of likely N-dealkylation sites (N-methyl/N-ethyl adjacent to an activating group) is 1. The normalized spacial score (nSPS) is 20.5. The van der Waals surface area contributed by atoms with Crippen LogP contribution < -0.4 is 5.32 Å². The van der Waals surface area contributed by atoms with E-state index < -0.39 is 0 Å². The van der Waals surface area contributed by atoms with E-state index in [-0.39, 0.29) is 17.9 Å². The molecule has 1 aromatic heterocycles. The Morgan fingerprint density at radius 3 is 2.82 bits per heavy atom. The number of likely N-dealkylation sites (tertiary alicyclic amines) is 1. The molecule has 0 saturated carbocycles. The third kappa shape index (κ3) is 4.19. The van der Waals surface area contributed by atoms with E-state index in [1.807, 2.05) is 36.2 Å². The number of carbonyl (C=O) groups is 2. The van der Waals surface area contributed by atoms with Gasteiger partial charge in [0.25, 0.3) is 5.91 Å². The number of nitrogens with one attached hydrogen (secondary N) is 1. The maximum atomic E-state index is 13.3. The van der Waals surface area contributed by atoms with Crippen LogP contribution in [0.3, 0.4) is 0 Å². The molecule has 33 heavy (non-hydrogen) atoms. The minimum Gasteiger partial charge on any atom is -0.373 e. The molecule has 0 spiro atoms. The van der Waals surface area contributed by atoms with Crippen molar-refractivity contribution in [2.24, 2.45) is 0 Å². The summed E-state index contributed by atoms with van der Waals surface area (Å²) in [5, 5.41) is 3.25. The van der Waals surface area contributed by atoms with Gasteiger partial charge in [0.15, 0.2) is 5.82 Å². The maximum Gasteiger partial charge on any atom is 0.254 e. The highest BCUT2D eigenvalue weighted by Gasteiger charge is 2.33. The van der Waals surface area contributed by atoms with Crippen LogP contribution in [0.25, 0.3) is 0 Å². The molecule has 1 saturated heterocycles. The molecule has 2 aromatic rings.